The number of carbonyl (C=O) groups is 1. The van der Waals surface area contributed by atoms with Gasteiger partial charge in [0.1, 0.15) is 0 Å². The first kappa shape index (κ1) is 10.3. The maximum absolute atomic E-state index is 11.2. The Labute approximate surface area is 78.8 Å². The Balaban J connectivity index is 2.28. The average molecular weight is 186 g/mol. The zero-order valence-electron chi connectivity index (χ0n) is 7.99. The molecule has 1 saturated heterocycles. The predicted octanol–water partition coefficient (Wildman–Crippen LogP) is 1.42. The molecule has 4 heteroatoms. The third-order valence-corrected chi connectivity index (χ3v) is 2.20. The molecule has 1 rings (SSSR count). The van der Waals surface area contributed by atoms with Crippen LogP contribution < -0.4 is 0 Å². The van der Waals surface area contributed by atoms with Crippen molar-refractivity contribution in [2.24, 2.45) is 0 Å². The first-order valence-electron chi connectivity index (χ1n) is 4.60. The van der Waals surface area contributed by atoms with Crippen molar-refractivity contribution < 1.29 is 14.3 Å². The number of hydrogen-bond acceptors (Lipinski definition) is 3. The van der Waals surface area contributed by atoms with Crippen molar-refractivity contribution in [2.45, 2.75) is 25.9 Å². The molecule has 1 fully saturated rings. The summed E-state index contributed by atoms with van der Waals surface area (Å²) in [5.74, 6) is 0. The van der Waals surface area contributed by atoms with Crippen LogP contribution in [0, 0.1) is 7.11 Å². The van der Waals surface area contributed by atoms with Crippen LogP contribution in [0.3, 0.4) is 0 Å². The molecule has 0 aromatic carbocycles. The van der Waals surface area contributed by atoms with Gasteiger partial charge in [0.25, 0.3) is 0 Å². The van der Waals surface area contributed by atoms with Crippen LogP contribution in [0.4, 0.5) is 4.79 Å². The van der Waals surface area contributed by atoms with Gasteiger partial charge in [-0.3, -0.25) is 0 Å². The van der Waals surface area contributed by atoms with E-state index < -0.39 is 0 Å². The fourth-order valence-corrected chi connectivity index (χ4v) is 1.42. The summed E-state index contributed by atoms with van der Waals surface area (Å²) in [7, 11) is 3.38. The molecule has 75 valence electrons. The van der Waals surface area contributed by atoms with Gasteiger partial charge in [0.15, 0.2) is 0 Å². The van der Waals surface area contributed by atoms with E-state index >= 15 is 0 Å². The van der Waals surface area contributed by atoms with Crippen molar-refractivity contribution in [1.82, 2.24) is 4.90 Å². The Hall–Kier alpha value is -0.770. The maximum Gasteiger partial charge on any atom is 0.409 e. The fourth-order valence-electron chi connectivity index (χ4n) is 1.42. The molecular weight excluding hydrogens is 170 g/mol. The predicted molar refractivity (Wildman–Crippen MR) is 48.1 cm³/mol. The lowest BCUT2D eigenvalue weighted by Gasteiger charge is -2.30. The first-order valence-corrected chi connectivity index (χ1v) is 4.60. The van der Waals surface area contributed by atoms with Crippen LogP contribution in [0.2, 0.25) is 0 Å². The summed E-state index contributed by atoms with van der Waals surface area (Å²) >= 11 is 0. The second-order valence-electron chi connectivity index (χ2n) is 3.05. The third kappa shape index (κ3) is 2.88. The maximum atomic E-state index is 11.2. The van der Waals surface area contributed by atoms with E-state index in [1.54, 1.807) is 4.90 Å². The molecule has 0 N–H and O–H groups in total. The van der Waals surface area contributed by atoms with Crippen molar-refractivity contribution in [3.05, 3.63) is 7.11 Å². The van der Waals surface area contributed by atoms with E-state index in [2.05, 4.69) is 7.11 Å². The molecule has 0 saturated carbocycles. The van der Waals surface area contributed by atoms with E-state index in [0.29, 0.717) is 19.7 Å². The standard InChI is InChI=1S/C9H16NO3/c1-3-13-9(11)10-6-4-8(12-2)5-7-10/h8H,2-7H2,1H3. The van der Waals surface area contributed by atoms with Crippen LogP contribution in [0.15, 0.2) is 0 Å². The van der Waals surface area contributed by atoms with Gasteiger partial charge in [0, 0.05) is 13.1 Å². The third-order valence-electron chi connectivity index (χ3n) is 2.20. The fraction of sp³-hybridized carbons (Fsp3) is 0.778. The second-order valence-corrected chi connectivity index (χ2v) is 3.05. The Morgan fingerprint density at radius 3 is 2.62 bits per heavy atom. The minimum Gasteiger partial charge on any atom is -0.450 e. The molecule has 0 aromatic rings. The smallest absolute Gasteiger partial charge is 0.409 e. The molecule has 0 aromatic heterocycles. The van der Waals surface area contributed by atoms with E-state index in [1.807, 2.05) is 6.92 Å². The highest BCUT2D eigenvalue weighted by Crippen LogP contribution is 2.13. The minimum atomic E-state index is -0.218. The lowest BCUT2D eigenvalue weighted by Crippen LogP contribution is -2.40. The molecular formula is C9H16NO3. The van der Waals surface area contributed by atoms with E-state index in [4.69, 9.17) is 9.47 Å². The monoisotopic (exact) mass is 186 g/mol. The summed E-state index contributed by atoms with van der Waals surface area (Å²) in [5.41, 5.74) is 0. The Kier molecular flexibility index (Phi) is 4.02. The number of amides is 1. The molecule has 1 aliphatic rings. The number of ether oxygens (including phenoxy) is 2. The van der Waals surface area contributed by atoms with E-state index in [-0.39, 0.29) is 12.2 Å². The van der Waals surface area contributed by atoms with Crippen LogP contribution in [-0.4, -0.2) is 36.8 Å². The number of likely N-dealkylation sites (tertiary alicyclic amines) is 1. The zero-order valence-corrected chi connectivity index (χ0v) is 7.99. The van der Waals surface area contributed by atoms with Crippen LogP contribution in [-0.2, 0) is 9.47 Å². The number of rotatable bonds is 2. The summed E-state index contributed by atoms with van der Waals surface area (Å²) in [6.45, 7) is 3.66. The number of piperidine rings is 1. The van der Waals surface area contributed by atoms with Gasteiger partial charge in [-0.2, -0.15) is 0 Å². The molecule has 0 unspecified atom stereocenters. The minimum absolute atomic E-state index is 0.200. The van der Waals surface area contributed by atoms with Gasteiger partial charge in [-0.15, -0.1) is 0 Å². The van der Waals surface area contributed by atoms with E-state index in [0.717, 1.165) is 12.8 Å². The molecule has 0 bridgehead atoms. The lowest BCUT2D eigenvalue weighted by molar-refractivity contribution is 0.0503. The molecule has 1 radical (unpaired) electrons. The quantitative estimate of drug-likeness (QED) is 0.654. The largest absolute Gasteiger partial charge is 0.450 e. The molecule has 0 atom stereocenters. The topological polar surface area (TPSA) is 38.8 Å². The van der Waals surface area contributed by atoms with Crippen molar-refractivity contribution in [3.8, 4) is 0 Å². The van der Waals surface area contributed by atoms with Gasteiger partial charge in [0.05, 0.1) is 19.8 Å². The molecule has 1 heterocycles. The van der Waals surface area contributed by atoms with Crippen molar-refractivity contribution in [1.29, 1.82) is 0 Å². The van der Waals surface area contributed by atoms with Crippen molar-refractivity contribution in [3.63, 3.8) is 0 Å². The van der Waals surface area contributed by atoms with E-state index in [1.165, 1.54) is 0 Å². The Morgan fingerprint density at radius 1 is 1.54 bits per heavy atom. The van der Waals surface area contributed by atoms with Gasteiger partial charge in [-0.25, -0.2) is 4.79 Å². The van der Waals surface area contributed by atoms with E-state index in [9.17, 15) is 4.79 Å². The molecule has 0 spiro atoms. The normalized spacial score (nSPS) is 18.8. The average Bonchev–Trinajstić information content (AvgIpc) is 2.18. The molecule has 1 amide bonds. The van der Waals surface area contributed by atoms with Gasteiger partial charge in [-0.05, 0) is 19.8 Å². The van der Waals surface area contributed by atoms with Crippen molar-refractivity contribution in [2.75, 3.05) is 19.7 Å². The van der Waals surface area contributed by atoms with Gasteiger partial charge in [-0.1, -0.05) is 0 Å². The second kappa shape index (κ2) is 5.07. The molecule has 0 aliphatic carbocycles. The summed E-state index contributed by atoms with van der Waals surface area (Å²) in [6.07, 6.45) is 1.68. The number of hydrogen-bond donors (Lipinski definition) is 0. The van der Waals surface area contributed by atoms with Crippen LogP contribution >= 0.6 is 0 Å². The van der Waals surface area contributed by atoms with Crippen molar-refractivity contribution >= 4 is 6.09 Å². The highest BCUT2D eigenvalue weighted by molar-refractivity contribution is 5.67. The SMILES string of the molecule is [CH2]OC1CCN(C(=O)OCC)CC1. The summed E-state index contributed by atoms with van der Waals surface area (Å²) in [4.78, 5) is 12.9. The Morgan fingerprint density at radius 2 is 2.15 bits per heavy atom. The number of nitrogens with zero attached hydrogens (tertiary/aromatic N) is 1. The van der Waals surface area contributed by atoms with Crippen LogP contribution in [0.25, 0.3) is 0 Å². The molecule has 1 aliphatic heterocycles. The highest BCUT2D eigenvalue weighted by Gasteiger charge is 2.22. The molecule has 4 nitrogen and oxygen atoms in total. The highest BCUT2D eigenvalue weighted by atomic mass is 16.6. The summed E-state index contributed by atoms with van der Waals surface area (Å²) in [5, 5.41) is 0. The van der Waals surface area contributed by atoms with Crippen LogP contribution in [0.1, 0.15) is 19.8 Å². The summed E-state index contributed by atoms with van der Waals surface area (Å²) in [6, 6.07) is 0. The lowest BCUT2D eigenvalue weighted by atomic mass is 10.1. The van der Waals surface area contributed by atoms with Gasteiger partial charge < -0.3 is 14.4 Å². The van der Waals surface area contributed by atoms with Crippen LogP contribution in [0.5, 0.6) is 0 Å². The first-order chi connectivity index (χ1) is 6.27. The zero-order chi connectivity index (χ0) is 9.68. The number of carbonyl (C=O) groups excluding carboxylic acids is 1. The summed E-state index contributed by atoms with van der Waals surface area (Å²) < 4.78 is 9.83. The molecule has 13 heavy (non-hydrogen) atoms. The van der Waals surface area contributed by atoms with Gasteiger partial charge in [0.2, 0.25) is 0 Å². The van der Waals surface area contributed by atoms with Gasteiger partial charge >= 0.3 is 6.09 Å². The Bertz CT molecular complexity index is 164.